The van der Waals surface area contributed by atoms with Gasteiger partial charge in [0, 0.05) is 12.6 Å². The van der Waals surface area contributed by atoms with Crippen molar-refractivity contribution in [3.63, 3.8) is 0 Å². The van der Waals surface area contributed by atoms with Gasteiger partial charge in [0.25, 0.3) is 0 Å². The van der Waals surface area contributed by atoms with Crippen molar-refractivity contribution in [3.05, 3.63) is 0 Å². The molecule has 4 heteroatoms. The third-order valence-corrected chi connectivity index (χ3v) is 3.66. The molecule has 1 aliphatic heterocycles. The molecular formula is C10H18N4. The molecule has 2 aliphatic carbocycles. The van der Waals surface area contributed by atoms with Crippen LogP contribution < -0.4 is 11.3 Å². The summed E-state index contributed by atoms with van der Waals surface area (Å²) in [6.07, 6.45) is 6.57. The van der Waals surface area contributed by atoms with Crippen molar-refractivity contribution in [2.75, 3.05) is 6.54 Å². The Morgan fingerprint density at radius 1 is 1.29 bits per heavy atom. The van der Waals surface area contributed by atoms with Crippen molar-refractivity contribution in [3.8, 4) is 0 Å². The van der Waals surface area contributed by atoms with Crippen molar-refractivity contribution < 1.29 is 0 Å². The third kappa shape index (κ3) is 1.38. The molecule has 1 saturated heterocycles. The van der Waals surface area contributed by atoms with Gasteiger partial charge in [-0.05, 0) is 38.0 Å². The second kappa shape index (κ2) is 3.12. The number of nitrogens with zero attached hydrogens (tertiary/aromatic N) is 2. The Kier molecular flexibility index (Phi) is 1.90. The summed E-state index contributed by atoms with van der Waals surface area (Å²) >= 11 is 0. The standard InChI is InChI=1S/C10H18N4/c11-13-10(12-8-2-3-8)14-6-7-1-4-9(14)5-7/h7-9H,1-6,11H2,(H,12,13). The van der Waals surface area contributed by atoms with Gasteiger partial charge in [0.1, 0.15) is 0 Å². The van der Waals surface area contributed by atoms with Crippen LogP contribution in [0.2, 0.25) is 0 Å². The van der Waals surface area contributed by atoms with E-state index in [9.17, 15) is 0 Å². The van der Waals surface area contributed by atoms with Gasteiger partial charge in [-0.2, -0.15) is 0 Å². The van der Waals surface area contributed by atoms with E-state index in [1.165, 1.54) is 38.6 Å². The van der Waals surface area contributed by atoms with Gasteiger partial charge >= 0.3 is 0 Å². The van der Waals surface area contributed by atoms with E-state index < -0.39 is 0 Å². The normalized spacial score (nSPS) is 36.6. The Morgan fingerprint density at radius 3 is 2.64 bits per heavy atom. The number of guanidine groups is 1. The first-order chi connectivity index (χ1) is 6.86. The molecule has 78 valence electrons. The molecule has 3 aliphatic rings. The lowest BCUT2D eigenvalue weighted by molar-refractivity contribution is 0.316. The van der Waals surface area contributed by atoms with Gasteiger partial charge in [0.05, 0.1) is 6.04 Å². The molecular weight excluding hydrogens is 176 g/mol. The number of hydrogen-bond donors (Lipinski definition) is 2. The summed E-state index contributed by atoms with van der Waals surface area (Å²) in [5.74, 6) is 7.38. The van der Waals surface area contributed by atoms with E-state index in [4.69, 9.17) is 5.84 Å². The van der Waals surface area contributed by atoms with Gasteiger partial charge < -0.3 is 4.90 Å². The van der Waals surface area contributed by atoms with Crippen molar-refractivity contribution in [2.45, 2.75) is 44.2 Å². The topological polar surface area (TPSA) is 53.6 Å². The van der Waals surface area contributed by atoms with Crippen LogP contribution >= 0.6 is 0 Å². The highest BCUT2D eigenvalue weighted by molar-refractivity contribution is 5.80. The molecule has 0 spiro atoms. The van der Waals surface area contributed by atoms with E-state index >= 15 is 0 Å². The SMILES string of the molecule is NNC(=NC1CC1)N1CC2CCC1C2. The third-order valence-electron chi connectivity index (χ3n) is 3.66. The van der Waals surface area contributed by atoms with Crippen LogP contribution in [0.1, 0.15) is 32.1 Å². The number of nitrogens with two attached hydrogens (primary N) is 1. The fourth-order valence-electron chi connectivity index (χ4n) is 2.76. The zero-order chi connectivity index (χ0) is 9.54. The monoisotopic (exact) mass is 194 g/mol. The number of hydrazine groups is 1. The van der Waals surface area contributed by atoms with Crippen LogP contribution in [-0.4, -0.2) is 29.5 Å². The zero-order valence-corrected chi connectivity index (χ0v) is 8.45. The average molecular weight is 194 g/mol. The molecule has 2 saturated carbocycles. The maximum Gasteiger partial charge on any atom is 0.208 e. The summed E-state index contributed by atoms with van der Waals surface area (Å²) in [7, 11) is 0. The van der Waals surface area contributed by atoms with E-state index in [0.717, 1.165) is 11.9 Å². The molecule has 0 amide bonds. The Morgan fingerprint density at radius 2 is 2.14 bits per heavy atom. The van der Waals surface area contributed by atoms with E-state index in [-0.39, 0.29) is 0 Å². The first kappa shape index (κ1) is 8.53. The quantitative estimate of drug-likeness (QED) is 0.276. The van der Waals surface area contributed by atoms with Crippen LogP contribution in [0.4, 0.5) is 0 Å². The highest BCUT2D eigenvalue weighted by Gasteiger charge is 2.39. The van der Waals surface area contributed by atoms with Gasteiger partial charge in [-0.25, -0.2) is 10.8 Å². The average Bonchev–Trinajstić information content (AvgIpc) is 2.77. The molecule has 0 aromatic carbocycles. The molecule has 3 N–H and O–H groups in total. The van der Waals surface area contributed by atoms with Crippen molar-refractivity contribution in [1.29, 1.82) is 0 Å². The van der Waals surface area contributed by atoms with Crippen LogP contribution in [0, 0.1) is 5.92 Å². The molecule has 4 nitrogen and oxygen atoms in total. The van der Waals surface area contributed by atoms with Crippen molar-refractivity contribution >= 4 is 5.96 Å². The Hall–Kier alpha value is -0.770. The fraction of sp³-hybridized carbons (Fsp3) is 0.900. The lowest BCUT2D eigenvalue weighted by Crippen LogP contribution is -2.48. The van der Waals surface area contributed by atoms with Crippen molar-refractivity contribution in [1.82, 2.24) is 10.3 Å². The fourth-order valence-corrected chi connectivity index (χ4v) is 2.76. The van der Waals surface area contributed by atoms with Crippen LogP contribution in [0.5, 0.6) is 0 Å². The maximum atomic E-state index is 5.54. The number of aliphatic imine (C=N–C) groups is 1. The van der Waals surface area contributed by atoms with E-state index in [2.05, 4.69) is 15.3 Å². The van der Waals surface area contributed by atoms with Crippen LogP contribution in [0.15, 0.2) is 4.99 Å². The molecule has 2 bridgehead atoms. The van der Waals surface area contributed by atoms with Crippen molar-refractivity contribution in [2.24, 2.45) is 16.8 Å². The zero-order valence-electron chi connectivity index (χ0n) is 8.45. The number of fused-ring (bicyclic) bond motifs is 2. The summed E-state index contributed by atoms with van der Waals surface area (Å²) in [5.41, 5.74) is 2.78. The van der Waals surface area contributed by atoms with Crippen LogP contribution in [-0.2, 0) is 0 Å². The van der Waals surface area contributed by atoms with Gasteiger partial charge in [-0.1, -0.05) is 0 Å². The Labute approximate surface area is 84.5 Å². The Balaban J connectivity index is 1.73. The summed E-state index contributed by atoms with van der Waals surface area (Å²) < 4.78 is 0. The molecule has 2 unspecified atom stereocenters. The summed E-state index contributed by atoms with van der Waals surface area (Å²) in [6.45, 7) is 1.17. The highest BCUT2D eigenvalue weighted by Crippen LogP contribution is 2.37. The first-order valence-corrected chi connectivity index (χ1v) is 5.68. The molecule has 3 fully saturated rings. The number of piperidine rings is 1. The lowest BCUT2D eigenvalue weighted by Gasteiger charge is -2.29. The smallest absolute Gasteiger partial charge is 0.208 e. The molecule has 14 heavy (non-hydrogen) atoms. The first-order valence-electron chi connectivity index (χ1n) is 5.68. The predicted octanol–water partition coefficient (Wildman–Crippen LogP) is 0.452. The minimum Gasteiger partial charge on any atom is -0.339 e. The second-order valence-electron chi connectivity index (χ2n) is 4.81. The number of rotatable bonds is 1. The summed E-state index contributed by atoms with van der Waals surface area (Å²) in [6, 6.07) is 1.27. The molecule has 0 aromatic heterocycles. The predicted molar refractivity (Wildman–Crippen MR) is 55.6 cm³/mol. The van der Waals surface area contributed by atoms with Crippen LogP contribution in [0.25, 0.3) is 0 Å². The summed E-state index contributed by atoms with van der Waals surface area (Å²) in [5, 5.41) is 0. The second-order valence-corrected chi connectivity index (χ2v) is 4.81. The maximum absolute atomic E-state index is 5.54. The van der Waals surface area contributed by atoms with E-state index in [1.54, 1.807) is 0 Å². The van der Waals surface area contributed by atoms with E-state index in [0.29, 0.717) is 12.1 Å². The minimum absolute atomic E-state index is 0.556. The number of hydrogen-bond acceptors (Lipinski definition) is 2. The van der Waals surface area contributed by atoms with Gasteiger partial charge in [-0.3, -0.25) is 5.43 Å². The highest BCUT2D eigenvalue weighted by atomic mass is 15.4. The molecule has 1 heterocycles. The van der Waals surface area contributed by atoms with E-state index in [1.807, 2.05) is 0 Å². The number of nitrogens with one attached hydrogen (secondary N) is 1. The molecule has 3 rings (SSSR count). The van der Waals surface area contributed by atoms with Crippen LogP contribution in [0.3, 0.4) is 0 Å². The molecule has 0 radical (unpaired) electrons. The summed E-state index contributed by atoms with van der Waals surface area (Å²) in [4.78, 5) is 7.00. The molecule has 0 aromatic rings. The van der Waals surface area contributed by atoms with Gasteiger partial charge in [0.2, 0.25) is 5.96 Å². The number of likely N-dealkylation sites (tertiary alicyclic amines) is 1. The Bertz CT molecular complexity index is 259. The van der Waals surface area contributed by atoms with Gasteiger partial charge in [0.15, 0.2) is 0 Å². The van der Waals surface area contributed by atoms with Gasteiger partial charge in [-0.15, -0.1) is 0 Å². The lowest BCUT2D eigenvalue weighted by atomic mass is 10.1. The largest absolute Gasteiger partial charge is 0.339 e. The minimum atomic E-state index is 0.556. The molecule has 2 atom stereocenters.